The van der Waals surface area contributed by atoms with Gasteiger partial charge in [-0.3, -0.25) is 0 Å². The van der Waals surface area contributed by atoms with Crippen LogP contribution in [0.25, 0.3) is 0 Å². The summed E-state index contributed by atoms with van der Waals surface area (Å²) in [7, 11) is 0. The molecule has 0 fully saturated rings. The summed E-state index contributed by atoms with van der Waals surface area (Å²) in [5.41, 5.74) is 8.16. The average molecular weight is 283 g/mol. The third-order valence-electron chi connectivity index (χ3n) is 2.49. The fourth-order valence-electron chi connectivity index (χ4n) is 1.53. The molecule has 106 valence electrons. The number of esters is 1. The lowest BCUT2D eigenvalue weighted by atomic mass is 10.2. The molecule has 0 atom stereocenters. The summed E-state index contributed by atoms with van der Waals surface area (Å²) in [5.74, 6) is -0.00345. The van der Waals surface area contributed by atoms with Crippen LogP contribution in [0.3, 0.4) is 0 Å². The number of ether oxygens (including phenoxy) is 1. The number of carbonyl (C=O) groups excluding carboxylic acids is 2. The number of benzene rings is 2. The minimum atomic E-state index is -0.736. The number of nitrogens with zero attached hydrogens (tertiary/aromatic N) is 1. The molecule has 0 aliphatic heterocycles. The van der Waals surface area contributed by atoms with E-state index in [9.17, 15) is 9.59 Å². The van der Waals surface area contributed by atoms with Gasteiger partial charge in [0.25, 0.3) is 0 Å². The first-order valence-electron chi connectivity index (χ1n) is 6.11. The van der Waals surface area contributed by atoms with Gasteiger partial charge in [0.05, 0.1) is 11.8 Å². The van der Waals surface area contributed by atoms with Gasteiger partial charge < -0.3 is 10.5 Å². The molecule has 6 nitrogen and oxygen atoms in total. The molecule has 0 radical (unpaired) electrons. The molecule has 0 saturated carbocycles. The lowest BCUT2D eigenvalue weighted by Crippen LogP contribution is -2.24. The molecule has 2 aromatic rings. The Hall–Kier alpha value is -3.15. The normalized spacial score (nSPS) is 10.3. The van der Waals surface area contributed by atoms with Gasteiger partial charge in [0.2, 0.25) is 0 Å². The Morgan fingerprint density at radius 1 is 1.05 bits per heavy atom. The second-order valence-corrected chi connectivity index (χ2v) is 4.06. The Bertz CT molecular complexity index is 652. The standard InChI is InChI=1S/C15H13N3O3/c16-15(20)18-17-10-11-6-8-13(9-7-11)21-14(19)12-4-2-1-3-5-12/h1-10H,(H3,16,18,20). The van der Waals surface area contributed by atoms with Crippen LogP contribution in [0.1, 0.15) is 15.9 Å². The van der Waals surface area contributed by atoms with E-state index in [1.807, 2.05) is 6.07 Å². The Labute approximate surface area is 121 Å². The van der Waals surface area contributed by atoms with Crippen molar-refractivity contribution in [3.8, 4) is 5.75 Å². The van der Waals surface area contributed by atoms with Crippen LogP contribution in [0.4, 0.5) is 4.79 Å². The number of rotatable bonds is 4. The number of nitrogens with two attached hydrogens (primary N) is 1. The Balaban J connectivity index is 1.98. The van der Waals surface area contributed by atoms with Crippen molar-refractivity contribution in [3.63, 3.8) is 0 Å². The van der Waals surface area contributed by atoms with Gasteiger partial charge in [-0.1, -0.05) is 18.2 Å². The van der Waals surface area contributed by atoms with Gasteiger partial charge in [0, 0.05) is 0 Å². The van der Waals surface area contributed by atoms with Gasteiger partial charge in [-0.2, -0.15) is 5.10 Å². The van der Waals surface area contributed by atoms with Gasteiger partial charge >= 0.3 is 12.0 Å². The highest BCUT2D eigenvalue weighted by Crippen LogP contribution is 2.13. The lowest BCUT2D eigenvalue weighted by Gasteiger charge is -2.04. The maximum atomic E-state index is 11.8. The van der Waals surface area contributed by atoms with Crippen LogP contribution in [-0.2, 0) is 0 Å². The van der Waals surface area contributed by atoms with Crippen molar-refractivity contribution in [2.75, 3.05) is 0 Å². The first kappa shape index (κ1) is 14.3. The van der Waals surface area contributed by atoms with Crippen molar-refractivity contribution in [3.05, 3.63) is 65.7 Å². The molecule has 0 aromatic heterocycles. The van der Waals surface area contributed by atoms with Crippen LogP contribution in [-0.4, -0.2) is 18.2 Å². The summed E-state index contributed by atoms with van der Waals surface area (Å²) in [5, 5.41) is 3.62. The number of amides is 2. The second-order valence-electron chi connectivity index (χ2n) is 4.06. The quantitative estimate of drug-likeness (QED) is 0.388. The predicted molar refractivity (Wildman–Crippen MR) is 78.2 cm³/mol. The van der Waals surface area contributed by atoms with E-state index < -0.39 is 12.0 Å². The molecule has 0 unspecified atom stereocenters. The maximum absolute atomic E-state index is 11.8. The number of nitrogens with one attached hydrogen (secondary N) is 1. The number of urea groups is 1. The fourth-order valence-corrected chi connectivity index (χ4v) is 1.53. The third kappa shape index (κ3) is 4.46. The molecule has 2 amide bonds. The Kier molecular flexibility index (Phi) is 4.66. The summed E-state index contributed by atoms with van der Waals surface area (Å²) in [6.45, 7) is 0. The molecule has 0 heterocycles. The van der Waals surface area contributed by atoms with Crippen molar-refractivity contribution in [2.45, 2.75) is 0 Å². The molecule has 0 bridgehead atoms. The number of primary amides is 1. The zero-order valence-corrected chi connectivity index (χ0v) is 11.0. The number of hydrogen-bond donors (Lipinski definition) is 2. The van der Waals surface area contributed by atoms with E-state index in [0.717, 1.165) is 5.56 Å². The largest absolute Gasteiger partial charge is 0.423 e. The average Bonchev–Trinajstić information content (AvgIpc) is 2.49. The van der Waals surface area contributed by atoms with Gasteiger partial charge in [-0.15, -0.1) is 0 Å². The van der Waals surface area contributed by atoms with Gasteiger partial charge in [0.15, 0.2) is 0 Å². The van der Waals surface area contributed by atoms with Gasteiger partial charge in [-0.25, -0.2) is 15.0 Å². The summed E-state index contributed by atoms with van der Waals surface area (Å²) >= 11 is 0. The Morgan fingerprint density at radius 2 is 1.71 bits per heavy atom. The minimum absolute atomic E-state index is 0.420. The van der Waals surface area contributed by atoms with E-state index in [-0.39, 0.29) is 0 Å². The second kappa shape index (κ2) is 6.85. The topological polar surface area (TPSA) is 93.8 Å². The first-order chi connectivity index (χ1) is 10.1. The predicted octanol–water partition coefficient (Wildman–Crippen LogP) is 1.91. The summed E-state index contributed by atoms with van der Waals surface area (Å²) < 4.78 is 5.22. The molecule has 2 aromatic carbocycles. The zero-order valence-electron chi connectivity index (χ0n) is 11.0. The number of carbonyl (C=O) groups is 2. The fraction of sp³-hybridized carbons (Fsp3) is 0. The SMILES string of the molecule is NC(=O)NN=Cc1ccc(OC(=O)c2ccccc2)cc1. The van der Waals surface area contributed by atoms with Crippen LogP contribution >= 0.6 is 0 Å². The van der Waals surface area contributed by atoms with Crippen LogP contribution in [0, 0.1) is 0 Å². The van der Waals surface area contributed by atoms with Crippen LogP contribution in [0.5, 0.6) is 5.75 Å². The van der Waals surface area contributed by atoms with Crippen LogP contribution < -0.4 is 15.9 Å². The maximum Gasteiger partial charge on any atom is 0.343 e. The highest BCUT2D eigenvalue weighted by Gasteiger charge is 2.07. The van der Waals surface area contributed by atoms with E-state index in [4.69, 9.17) is 10.5 Å². The summed E-state index contributed by atoms with van der Waals surface area (Å²) in [6.07, 6.45) is 1.42. The molecular formula is C15H13N3O3. The minimum Gasteiger partial charge on any atom is -0.423 e. The monoisotopic (exact) mass is 283 g/mol. The van der Waals surface area contributed by atoms with E-state index >= 15 is 0 Å². The number of hydrazone groups is 1. The highest BCUT2D eigenvalue weighted by molar-refractivity contribution is 5.91. The van der Waals surface area contributed by atoms with Crippen LogP contribution in [0.2, 0.25) is 0 Å². The first-order valence-corrected chi connectivity index (χ1v) is 6.11. The highest BCUT2D eigenvalue weighted by atomic mass is 16.5. The van der Waals surface area contributed by atoms with Crippen molar-refractivity contribution in [1.29, 1.82) is 0 Å². The van der Waals surface area contributed by atoms with Crippen molar-refractivity contribution >= 4 is 18.2 Å². The molecule has 3 N–H and O–H groups in total. The molecule has 21 heavy (non-hydrogen) atoms. The van der Waals surface area contributed by atoms with E-state index in [1.54, 1.807) is 48.5 Å². The van der Waals surface area contributed by atoms with E-state index in [2.05, 4.69) is 10.5 Å². The van der Waals surface area contributed by atoms with Crippen molar-refractivity contribution < 1.29 is 14.3 Å². The lowest BCUT2D eigenvalue weighted by molar-refractivity contribution is 0.0734. The molecule has 0 spiro atoms. The molecule has 0 aliphatic rings. The van der Waals surface area contributed by atoms with Crippen LogP contribution in [0.15, 0.2) is 59.7 Å². The van der Waals surface area contributed by atoms with Crippen molar-refractivity contribution in [2.24, 2.45) is 10.8 Å². The smallest absolute Gasteiger partial charge is 0.343 e. The third-order valence-corrected chi connectivity index (χ3v) is 2.49. The van der Waals surface area contributed by atoms with Gasteiger partial charge in [0.1, 0.15) is 5.75 Å². The van der Waals surface area contributed by atoms with Gasteiger partial charge in [-0.05, 0) is 42.0 Å². The summed E-state index contributed by atoms with van der Waals surface area (Å²) in [4.78, 5) is 22.3. The molecule has 0 saturated heterocycles. The van der Waals surface area contributed by atoms with E-state index in [1.165, 1.54) is 6.21 Å². The van der Waals surface area contributed by atoms with E-state index in [0.29, 0.717) is 11.3 Å². The molecule has 2 rings (SSSR count). The molecular weight excluding hydrogens is 270 g/mol. The molecule has 6 heteroatoms. The summed E-state index contributed by atoms with van der Waals surface area (Å²) in [6, 6.07) is 14.6. The number of hydrogen-bond acceptors (Lipinski definition) is 4. The Morgan fingerprint density at radius 3 is 2.33 bits per heavy atom. The zero-order chi connectivity index (χ0) is 15.1. The molecule has 0 aliphatic carbocycles. The van der Waals surface area contributed by atoms with Crippen molar-refractivity contribution in [1.82, 2.24) is 5.43 Å².